The third-order valence-corrected chi connectivity index (χ3v) is 1.62. The highest BCUT2D eigenvalue weighted by Gasteiger charge is 2.22. The van der Waals surface area contributed by atoms with Gasteiger partial charge in [0.05, 0.1) is 12.4 Å². The summed E-state index contributed by atoms with van der Waals surface area (Å²) < 4.78 is 0. The Morgan fingerprint density at radius 1 is 1.60 bits per heavy atom. The molecule has 3 nitrogen and oxygen atoms in total. The second kappa shape index (κ2) is 2.33. The van der Waals surface area contributed by atoms with Crippen LogP contribution in [0.3, 0.4) is 0 Å². The van der Waals surface area contributed by atoms with Gasteiger partial charge < -0.3 is 4.84 Å². The number of hydrogen-bond donors (Lipinski definition) is 0. The molecule has 1 aromatic rings. The molecule has 0 radical (unpaired) electrons. The Kier molecular flexibility index (Phi) is 1.34. The summed E-state index contributed by atoms with van der Waals surface area (Å²) in [5.41, 5.74) is 0. The van der Waals surface area contributed by atoms with Crippen LogP contribution in [0.4, 0.5) is 0 Å². The first-order chi connectivity index (χ1) is 4.95. The molecule has 54 valence electrons. The maximum atomic E-state index is 5.28. The van der Waals surface area contributed by atoms with Crippen molar-refractivity contribution in [3.63, 3.8) is 0 Å². The van der Waals surface area contributed by atoms with Gasteiger partial charge in [-0.15, -0.1) is 9.94 Å². The average Bonchev–Trinajstić information content (AvgIpc) is 2.63. The lowest BCUT2D eigenvalue weighted by atomic mass is 10.5. The molecule has 1 fully saturated rings. The molecule has 0 aliphatic heterocycles. The molecule has 1 aromatic heterocycles. The third-order valence-electron chi connectivity index (χ3n) is 1.62. The standard InChI is InChI=1S/C7H10N2O/c1-4-8-9(5-1)10-6-7-2-3-7/h1,4-5,7H,2-3,6H2. The topological polar surface area (TPSA) is 27.1 Å². The van der Waals surface area contributed by atoms with E-state index in [2.05, 4.69) is 5.10 Å². The molecule has 1 aliphatic rings. The fourth-order valence-corrected chi connectivity index (χ4v) is 0.797. The third kappa shape index (κ3) is 1.29. The molecule has 0 aromatic carbocycles. The van der Waals surface area contributed by atoms with Crippen LogP contribution in [0, 0.1) is 5.92 Å². The maximum Gasteiger partial charge on any atom is 0.119 e. The Morgan fingerprint density at radius 3 is 3.10 bits per heavy atom. The monoisotopic (exact) mass is 138 g/mol. The molecular formula is C7H10N2O. The van der Waals surface area contributed by atoms with Crippen LogP contribution in [-0.2, 0) is 0 Å². The Labute approximate surface area is 59.6 Å². The van der Waals surface area contributed by atoms with E-state index < -0.39 is 0 Å². The molecule has 10 heavy (non-hydrogen) atoms. The average molecular weight is 138 g/mol. The molecule has 1 heterocycles. The summed E-state index contributed by atoms with van der Waals surface area (Å²) in [7, 11) is 0. The Hall–Kier alpha value is -0.990. The molecule has 2 rings (SSSR count). The van der Waals surface area contributed by atoms with Crippen LogP contribution < -0.4 is 4.84 Å². The quantitative estimate of drug-likeness (QED) is 0.615. The van der Waals surface area contributed by atoms with Crippen LogP contribution in [0.2, 0.25) is 0 Å². The number of hydrogen-bond acceptors (Lipinski definition) is 2. The largest absolute Gasteiger partial charge is 0.396 e. The van der Waals surface area contributed by atoms with E-state index in [1.54, 1.807) is 6.20 Å². The van der Waals surface area contributed by atoms with Crippen LogP contribution in [0.5, 0.6) is 0 Å². The Morgan fingerprint density at radius 2 is 2.50 bits per heavy atom. The van der Waals surface area contributed by atoms with E-state index in [-0.39, 0.29) is 0 Å². The summed E-state index contributed by atoms with van der Waals surface area (Å²) in [5, 5.41) is 3.91. The van der Waals surface area contributed by atoms with Gasteiger partial charge in [-0.3, -0.25) is 0 Å². The van der Waals surface area contributed by atoms with Crippen molar-refractivity contribution in [1.29, 1.82) is 0 Å². The maximum absolute atomic E-state index is 5.28. The van der Waals surface area contributed by atoms with Crippen LogP contribution in [0.15, 0.2) is 18.5 Å². The molecule has 0 saturated heterocycles. The zero-order chi connectivity index (χ0) is 6.81. The Balaban J connectivity index is 1.79. The lowest BCUT2D eigenvalue weighted by molar-refractivity contribution is 0.0747. The molecule has 1 aliphatic carbocycles. The van der Waals surface area contributed by atoms with Crippen molar-refractivity contribution < 1.29 is 4.84 Å². The summed E-state index contributed by atoms with van der Waals surface area (Å²) >= 11 is 0. The van der Waals surface area contributed by atoms with E-state index in [9.17, 15) is 0 Å². The second-order valence-corrected chi connectivity index (χ2v) is 2.65. The fourth-order valence-electron chi connectivity index (χ4n) is 0.797. The first-order valence-electron chi connectivity index (χ1n) is 3.58. The van der Waals surface area contributed by atoms with Gasteiger partial charge in [0.2, 0.25) is 0 Å². The van der Waals surface area contributed by atoms with Crippen molar-refractivity contribution in [3.8, 4) is 0 Å². The minimum Gasteiger partial charge on any atom is -0.396 e. The van der Waals surface area contributed by atoms with E-state index in [0.717, 1.165) is 12.5 Å². The van der Waals surface area contributed by atoms with E-state index in [4.69, 9.17) is 4.84 Å². The number of aromatic nitrogens is 2. The highest BCUT2D eigenvalue weighted by Crippen LogP contribution is 2.27. The van der Waals surface area contributed by atoms with E-state index in [1.165, 1.54) is 17.7 Å². The SMILES string of the molecule is c1cnn(OCC2CC2)c1. The van der Waals surface area contributed by atoms with E-state index >= 15 is 0 Å². The van der Waals surface area contributed by atoms with Crippen molar-refractivity contribution in [1.82, 2.24) is 9.94 Å². The van der Waals surface area contributed by atoms with Gasteiger partial charge in [-0.2, -0.15) is 0 Å². The van der Waals surface area contributed by atoms with Gasteiger partial charge in [0.1, 0.15) is 6.61 Å². The molecule has 0 bridgehead atoms. The van der Waals surface area contributed by atoms with Crippen molar-refractivity contribution in [2.45, 2.75) is 12.8 Å². The summed E-state index contributed by atoms with van der Waals surface area (Å²) in [6, 6.07) is 1.85. The normalized spacial score (nSPS) is 17.2. The van der Waals surface area contributed by atoms with Crippen LogP contribution in [0.25, 0.3) is 0 Å². The minimum absolute atomic E-state index is 0.796. The zero-order valence-electron chi connectivity index (χ0n) is 5.73. The molecule has 1 saturated carbocycles. The van der Waals surface area contributed by atoms with Gasteiger partial charge in [-0.25, -0.2) is 0 Å². The predicted molar refractivity (Wildman–Crippen MR) is 36.4 cm³/mol. The first kappa shape index (κ1) is 5.77. The van der Waals surface area contributed by atoms with Crippen molar-refractivity contribution in [3.05, 3.63) is 18.5 Å². The number of nitrogens with zero attached hydrogens (tertiary/aromatic N) is 2. The molecule has 3 heteroatoms. The van der Waals surface area contributed by atoms with Gasteiger partial charge in [-0.1, -0.05) is 0 Å². The van der Waals surface area contributed by atoms with Gasteiger partial charge in [-0.05, 0) is 24.8 Å². The smallest absolute Gasteiger partial charge is 0.119 e. The summed E-state index contributed by atoms with van der Waals surface area (Å²) in [6.07, 6.45) is 6.16. The molecule has 0 amide bonds. The van der Waals surface area contributed by atoms with Gasteiger partial charge >= 0.3 is 0 Å². The van der Waals surface area contributed by atoms with E-state index in [0.29, 0.717) is 0 Å². The van der Waals surface area contributed by atoms with Gasteiger partial charge in [0, 0.05) is 0 Å². The van der Waals surface area contributed by atoms with E-state index in [1.807, 2.05) is 12.3 Å². The lowest BCUT2D eigenvalue weighted by Crippen LogP contribution is -2.13. The van der Waals surface area contributed by atoms with Gasteiger partial charge in [0.25, 0.3) is 0 Å². The van der Waals surface area contributed by atoms with Crippen LogP contribution in [0.1, 0.15) is 12.8 Å². The summed E-state index contributed by atoms with van der Waals surface area (Å²) in [4.78, 5) is 6.79. The number of rotatable bonds is 3. The predicted octanol–water partition coefficient (Wildman–Crippen LogP) is 0.722. The molecule has 0 atom stereocenters. The highest BCUT2D eigenvalue weighted by atomic mass is 16.7. The Bertz CT molecular complexity index is 191. The lowest BCUT2D eigenvalue weighted by Gasteiger charge is -2.01. The highest BCUT2D eigenvalue weighted by molar-refractivity contribution is 4.76. The second-order valence-electron chi connectivity index (χ2n) is 2.65. The minimum atomic E-state index is 0.796. The van der Waals surface area contributed by atoms with Crippen molar-refractivity contribution >= 4 is 0 Å². The zero-order valence-corrected chi connectivity index (χ0v) is 5.73. The van der Waals surface area contributed by atoms with Crippen molar-refractivity contribution in [2.24, 2.45) is 5.92 Å². The summed E-state index contributed by atoms with van der Waals surface area (Å²) in [6.45, 7) is 0.821. The fraction of sp³-hybridized carbons (Fsp3) is 0.571. The van der Waals surface area contributed by atoms with Gasteiger partial charge in [0.15, 0.2) is 0 Å². The molecule has 0 spiro atoms. The molecule has 0 N–H and O–H groups in total. The van der Waals surface area contributed by atoms with Crippen LogP contribution in [-0.4, -0.2) is 16.6 Å². The molecule has 0 unspecified atom stereocenters. The summed E-state index contributed by atoms with van der Waals surface area (Å²) in [5.74, 6) is 0.796. The first-order valence-corrected chi connectivity index (χ1v) is 3.58. The molecular weight excluding hydrogens is 128 g/mol. The van der Waals surface area contributed by atoms with Crippen molar-refractivity contribution in [2.75, 3.05) is 6.61 Å². The van der Waals surface area contributed by atoms with Crippen LogP contribution >= 0.6 is 0 Å².